The van der Waals surface area contributed by atoms with Crippen molar-refractivity contribution in [2.24, 2.45) is 0 Å². The lowest BCUT2D eigenvalue weighted by Gasteiger charge is -2.29. The molecule has 0 spiro atoms. The highest BCUT2D eigenvalue weighted by molar-refractivity contribution is 8.00. The molecule has 3 rings (SSSR count). The molecule has 0 radical (unpaired) electrons. The maximum atomic E-state index is 6.28. The van der Waals surface area contributed by atoms with Gasteiger partial charge in [-0.3, -0.25) is 0 Å². The van der Waals surface area contributed by atoms with Gasteiger partial charge in [0.25, 0.3) is 0 Å². The van der Waals surface area contributed by atoms with Crippen LogP contribution < -0.4 is 28.6 Å². The molecule has 0 aromatic heterocycles. The molecule has 1 heterocycles. The molecular weight excluding hydrogens is 514 g/mol. The Bertz CT molecular complexity index is 999. The molecule has 1 aliphatic rings. The van der Waals surface area contributed by atoms with E-state index in [0.29, 0.717) is 41.0 Å². The predicted octanol–water partition coefficient (Wildman–Crippen LogP) is 7.46. The molecule has 2 aromatic rings. The summed E-state index contributed by atoms with van der Waals surface area (Å²) < 4.78 is 34.3. The van der Waals surface area contributed by atoms with Gasteiger partial charge in [0.2, 0.25) is 5.75 Å². The van der Waals surface area contributed by atoms with Crippen molar-refractivity contribution >= 4 is 17.4 Å². The molecule has 1 fully saturated rings. The number of hydrogen-bond donors (Lipinski definition) is 0. The third-order valence-corrected chi connectivity index (χ3v) is 8.84. The van der Waals surface area contributed by atoms with Crippen molar-refractivity contribution in [1.82, 2.24) is 0 Å². The Labute approximate surface area is 239 Å². The molecule has 0 aliphatic carbocycles. The first-order valence-electron chi connectivity index (χ1n) is 14.1. The topological polar surface area (TPSA) is 58.6 Å². The summed E-state index contributed by atoms with van der Waals surface area (Å²) in [6.07, 6.45) is 6.70. The van der Waals surface area contributed by atoms with E-state index < -0.39 is 0 Å². The van der Waals surface area contributed by atoms with Gasteiger partial charge in [0.15, 0.2) is 23.0 Å². The van der Waals surface area contributed by atoms with Gasteiger partial charge >= 0.3 is 0 Å². The third-order valence-electron chi connectivity index (χ3n) is 7.17. The van der Waals surface area contributed by atoms with Crippen LogP contribution in [0, 0.1) is 0 Å². The highest BCUT2D eigenvalue weighted by atomic mass is 32.2. The second-order valence-corrected chi connectivity index (χ2v) is 11.2. The van der Waals surface area contributed by atoms with Gasteiger partial charge in [0.05, 0.1) is 40.7 Å². The summed E-state index contributed by atoms with van der Waals surface area (Å²) in [6, 6.07) is 8.67. The normalized spacial score (nSPS) is 16.7. The highest BCUT2D eigenvalue weighted by Crippen LogP contribution is 2.56. The van der Waals surface area contributed by atoms with E-state index in [1.54, 1.807) is 35.5 Å². The van der Waals surface area contributed by atoms with Crippen LogP contribution in [0.1, 0.15) is 74.0 Å². The van der Waals surface area contributed by atoms with Gasteiger partial charge in [0.1, 0.15) is 6.61 Å². The number of ether oxygens (including phenoxy) is 6. The van der Waals surface area contributed by atoms with Crippen LogP contribution in [0.3, 0.4) is 0 Å². The zero-order valence-corrected chi connectivity index (χ0v) is 25.7. The number of methoxy groups -OCH3 is 5. The lowest BCUT2D eigenvalue weighted by atomic mass is 10.0. The highest BCUT2D eigenvalue weighted by Gasteiger charge is 2.31. The molecule has 0 N–H and O–H groups in total. The number of hydrogen-bond acceptors (Lipinski definition) is 8. The molecule has 39 heavy (non-hydrogen) atoms. The van der Waals surface area contributed by atoms with Gasteiger partial charge in [-0.2, -0.15) is 0 Å². The average Bonchev–Trinajstić information content (AvgIpc) is 3.47. The van der Waals surface area contributed by atoms with Crippen LogP contribution in [-0.4, -0.2) is 61.9 Å². The molecule has 1 aliphatic heterocycles. The van der Waals surface area contributed by atoms with E-state index in [1.165, 1.54) is 11.1 Å². The van der Waals surface area contributed by atoms with Crippen molar-refractivity contribution in [3.8, 4) is 28.7 Å². The number of thioether (sulfide) groups is 1. The second-order valence-electron chi connectivity index (χ2n) is 9.76. The standard InChI is InChI=1S/C31H47NO6S/c1-8-10-14-32(15-11-9-2)24-18-22(19-25(34-4)30(24)38-17-16-33-3)28-12-13-29(39-28)23-20-26(35-5)31(37-7)27(21-23)36-6/h18-21,28-29H,8-17H2,1-7H3. The minimum Gasteiger partial charge on any atom is -0.493 e. The van der Waals surface area contributed by atoms with Crippen molar-refractivity contribution in [3.63, 3.8) is 0 Å². The fourth-order valence-electron chi connectivity index (χ4n) is 5.02. The largest absolute Gasteiger partial charge is 0.493 e. The third kappa shape index (κ3) is 7.82. The van der Waals surface area contributed by atoms with E-state index in [9.17, 15) is 0 Å². The van der Waals surface area contributed by atoms with Crippen LogP contribution in [-0.2, 0) is 4.74 Å². The number of unbranched alkanes of at least 4 members (excludes halogenated alkanes) is 2. The van der Waals surface area contributed by atoms with Crippen LogP contribution in [0.15, 0.2) is 24.3 Å². The monoisotopic (exact) mass is 561 g/mol. The first-order chi connectivity index (χ1) is 19.0. The van der Waals surface area contributed by atoms with Crippen LogP contribution in [0.4, 0.5) is 5.69 Å². The Morgan fingerprint density at radius 3 is 1.67 bits per heavy atom. The van der Waals surface area contributed by atoms with Crippen LogP contribution in [0.2, 0.25) is 0 Å². The Morgan fingerprint density at radius 2 is 1.21 bits per heavy atom. The second kappa shape index (κ2) is 16.0. The molecule has 218 valence electrons. The van der Waals surface area contributed by atoms with E-state index in [4.69, 9.17) is 28.4 Å². The Hall–Kier alpha value is -2.45. The van der Waals surface area contributed by atoms with E-state index in [2.05, 4.69) is 43.0 Å². The van der Waals surface area contributed by atoms with Gasteiger partial charge < -0.3 is 33.3 Å². The SMILES string of the molecule is CCCCN(CCCC)c1cc(C2CCC(c3cc(OC)c(OC)c(OC)c3)S2)cc(OC)c1OCCOC. The molecule has 1 saturated heterocycles. The van der Waals surface area contributed by atoms with Crippen molar-refractivity contribution in [2.45, 2.75) is 62.9 Å². The average molecular weight is 562 g/mol. The van der Waals surface area contributed by atoms with E-state index in [0.717, 1.165) is 68.8 Å². The summed E-state index contributed by atoms with van der Waals surface area (Å²) in [4.78, 5) is 2.48. The Balaban J connectivity index is 1.96. The summed E-state index contributed by atoms with van der Waals surface area (Å²) in [5.74, 6) is 3.61. The zero-order valence-electron chi connectivity index (χ0n) is 24.8. The van der Waals surface area contributed by atoms with Crippen molar-refractivity contribution in [2.75, 3.05) is 66.8 Å². The van der Waals surface area contributed by atoms with E-state index >= 15 is 0 Å². The maximum absolute atomic E-state index is 6.28. The molecule has 2 unspecified atom stereocenters. The summed E-state index contributed by atoms with van der Waals surface area (Å²) in [5, 5.41) is 0.668. The number of anilines is 1. The molecule has 0 saturated carbocycles. The van der Waals surface area contributed by atoms with Crippen molar-refractivity contribution < 1.29 is 28.4 Å². The quantitative estimate of drug-likeness (QED) is 0.184. The minimum absolute atomic E-state index is 0.326. The number of nitrogens with zero attached hydrogens (tertiary/aromatic N) is 1. The molecule has 2 atom stereocenters. The zero-order chi connectivity index (χ0) is 28.2. The predicted molar refractivity (Wildman–Crippen MR) is 161 cm³/mol. The van der Waals surface area contributed by atoms with Crippen LogP contribution in [0.25, 0.3) is 0 Å². The van der Waals surface area contributed by atoms with Gasteiger partial charge in [-0.1, -0.05) is 26.7 Å². The minimum atomic E-state index is 0.326. The molecule has 2 aromatic carbocycles. The van der Waals surface area contributed by atoms with Crippen molar-refractivity contribution in [3.05, 3.63) is 35.4 Å². The summed E-state index contributed by atoms with van der Waals surface area (Å²) in [6.45, 7) is 7.48. The van der Waals surface area contributed by atoms with Gasteiger partial charge in [-0.15, -0.1) is 11.8 Å². The summed E-state index contributed by atoms with van der Waals surface area (Å²) >= 11 is 1.98. The summed E-state index contributed by atoms with van der Waals surface area (Å²) in [7, 11) is 8.39. The Kier molecular flexibility index (Phi) is 12.7. The van der Waals surface area contributed by atoms with Crippen LogP contribution >= 0.6 is 11.8 Å². The first-order valence-corrected chi connectivity index (χ1v) is 15.0. The fourth-order valence-corrected chi connectivity index (χ4v) is 6.55. The van der Waals surface area contributed by atoms with E-state index in [-0.39, 0.29) is 0 Å². The number of rotatable bonds is 17. The van der Waals surface area contributed by atoms with E-state index in [1.807, 2.05) is 11.8 Å². The summed E-state index contributed by atoms with van der Waals surface area (Å²) in [5.41, 5.74) is 3.59. The molecule has 0 bridgehead atoms. The Morgan fingerprint density at radius 1 is 0.692 bits per heavy atom. The van der Waals surface area contributed by atoms with Gasteiger partial charge in [-0.05, 0) is 61.1 Å². The molecular formula is C31H47NO6S. The van der Waals surface area contributed by atoms with Crippen molar-refractivity contribution in [1.29, 1.82) is 0 Å². The smallest absolute Gasteiger partial charge is 0.203 e. The molecule has 0 amide bonds. The number of benzene rings is 2. The van der Waals surface area contributed by atoms with Crippen LogP contribution in [0.5, 0.6) is 28.7 Å². The van der Waals surface area contributed by atoms with Gasteiger partial charge in [-0.25, -0.2) is 0 Å². The van der Waals surface area contributed by atoms with Gasteiger partial charge in [0, 0.05) is 30.7 Å². The lowest BCUT2D eigenvalue weighted by molar-refractivity contribution is 0.144. The molecule has 7 nitrogen and oxygen atoms in total. The molecule has 8 heteroatoms. The fraction of sp³-hybridized carbons (Fsp3) is 0.613. The lowest BCUT2D eigenvalue weighted by Crippen LogP contribution is -2.26. The first kappa shape index (κ1) is 31.1. The maximum Gasteiger partial charge on any atom is 0.203 e.